The monoisotopic (exact) mass is 204 g/mol. The van der Waals surface area contributed by atoms with E-state index in [1.807, 2.05) is 0 Å². The summed E-state index contributed by atoms with van der Waals surface area (Å²) >= 11 is 0. The molecule has 1 saturated heterocycles. The van der Waals surface area contributed by atoms with E-state index >= 15 is 0 Å². The van der Waals surface area contributed by atoms with Crippen molar-refractivity contribution in [2.45, 2.75) is 19.8 Å². The van der Waals surface area contributed by atoms with E-state index in [1.165, 1.54) is 4.31 Å². The van der Waals surface area contributed by atoms with Crippen LogP contribution in [0.3, 0.4) is 0 Å². The maximum Gasteiger partial charge on any atom is 0.332 e. The molecule has 0 N–H and O–H groups in total. The largest absolute Gasteiger partial charge is 0.332 e. The van der Waals surface area contributed by atoms with E-state index in [0.717, 1.165) is 18.9 Å². The van der Waals surface area contributed by atoms with E-state index in [4.69, 9.17) is 0 Å². The van der Waals surface area contributed by atoms with Gasteiger partial charge in [0.05, 0.1) is 0 Å². The first-order valence-electron chi connectivity index (χ1n) is 4.15. The molecule has 1 aliphatic heterocycles. The summed E-state index contributed by atoms with van der Waals surface area (Å²) in [6.45, 7) is 2.98. The first kappa shape index (κ1) is 10.4. The van der Waals surface area contributed by atoms with Crippen LogP contribution in [0.2, 0.25) is 0 Å². The Morgan fingerprint density at radius 3 is 2.38 bits per heavy atom. The third-order valence-corrected chi connectivity index (χ3v) is 3.54. The Morgan fingerprint density at radius 2 is 1.92 bits per heavy atom. The normalized spacial score (nSPS) is 21.0. The average Bonchev–Trinajstić information content (AvgIpc) is 2.05. The first-order valence-corrected chi connectivity index (χ1v) is 5.55. The number of piperidine rings is 1. The Hall–Kier alpha value is -0.710. The van der Waals surface area contributed by atoms with Crippen molar-refractivity contribution in [2.75, 3.05) is 13.1 Å². The molecule has 0 unspecified atom stereocenters. The van der Waals surface area contributed by atoms with Crippen LogP contribution in [0.4, 0.5) is 0 Å². The highest BCUT2D eigenvalue weighted by Crippen LogP contribution is 2.18. The molecule has 1 heterocycles. The minimum atomic E-state index is -3.72. The summed E-state index contributed by atoms with van der Waals surface area (Å²) in [6, 6.07) is 0. The molecule has 13 heavy (non-hydrogen) atoms. The molecule has 1 rings (SSSR count). The predicted octanol–water partition coefficient (Wildman–Crippen LogP) is 0.299. The third kappa shape index (κ3) is 2.62. The maximum atomic E-state index is 11.2. The molecule has 5 nitrogen and oxygen atoms in total. The first-order chi connectivity index (χ1) is 6.06. The standard InChI is InChI=1S/C7H12N2O3S/c1-7-2-4-9(5-3-7)13(11,12)8-6-10/h7H,2-5H2,1H3. The minimum absolute atomic E-state index is 0.453. The zero-order chi connectivity index (χ0) is 9.90. The summed E-state index contributed by atoms with van der Waals surface area (Å²) in [4.78, 5) is 9.83. The molecular formula is C7H12N2O3S. The molecule has 74 valence electrons. The van der Waals surface area contributed by atoms with Crippen LogP contribution in [0, 0.1) is 5.92 Å². The van der Waals surface area contributed by atoms with E-state index in [0.29, 0.717) is 19.0 Å². The molecule has 0 saturated carbocycles. The molecule has 0 aromatic carbocycles. The number of rotatable bonds is 2. The molecule has 0 aromatic rings. The van der Waals surface area contributed by atoms with Crippen molar-refractivity contribution in [1.82, 2.24) is 4.31 Å². The van der Waals surface area contributed by atoms with Crippen LogP contribution in [-0.4, -0.2) is 31.9 Å². The summed E-state index contributed by atoms with van der Waals surface area (Å²) in [5.74, 6) is 0.548. The highest BCUT2D eigenvalue weighted by Gasteiger charge is 2.25. The molecule has 0 radical (unpaired) electrons. The lowest BCUT2D eigenvalue weighted by Crippen LogP contribution is -2.36. The Labute approximate surface area is 77.6 Å². The lowest BCUT2D eigenvalue weighted by molar-refractivity contribution is 0.288. The summed E-state index contributed by atoms with van der Waals surface area (Å²) in [5, 5.41) is 0. The molecular weight excluding hydrogens is 192 g/mol. The van der Waals surface area contributed by atoms with E-state index in [9.17, 15) is 13.2 Å². The quantitative estimate of drug-likeness (QED) is 0.480. The van der Waals surface area contributed by atoms with Crippen molar-refractivity contribution in [3.05, 3.63) is 0 Å². The van der Waals surface area contributed by atoms with Crippen LogP contribution in [0.15, 0.2) is 4.40 Å². The van der Waals surface area contributed by atoms with Crippen molar-refractivity contribution in [1.29, 1.82) is 0 Å². The number of hydrogen-bond acceptors (Lipinski definition) is 3. The second-order valence-electron chi connectivity index (χ2n) is 3.24. The van der Waals surface area contributed by atoms with Crippen molar-refractivity contribution < 1.29 is 13.2 Å². The van der Waals surface area contributed by atoms with Gasteiger partial charge in [0.25, 0.3) is 6.08 Å². The summed E-state index contributed by atoms with van der Waals surface area (Å²) in [7, 11) is -3.72. The molecule has 0 aliphatic carbocycles. The Bertz CT molecular complexity index is 311. The molecule has 0 amide bonds. The van der Waals surface area contributed by atoms with E-state index in [1.54, 1.807) is 0 Å². The van der Waals surface area contributed by atoms with Gasteiger partial charge in [-0.1, -0.05) is 11.3 Å². The van der Waals surface area contributed by atoms with Gasteiger partial charge in [-0.25, -0.2) is 4.79 Å². The van der Waals surface area contributed by atoms with Crippen LogP contribution in [0.5, 0.6) is 0 Å². The second kappa shape index (κ2) is 4.00. The van der Waals surface area contributed by atoms with Gasteiger partial charge in [0.15, 0.2) is 0 Å². The van der Waals surface area contributed by atoms with Gasteiger partial charge in [-0.15, -0.1) is 0 Å². The van der Waals surface area contributed by atoms with Crippen LogP contribution >= 0.6 is 0 Å². The minimum Gasteiger partial charge on any atom is -0.210 e. The third-order valence-electron chi connectivity index (χ3n) is 2.22. The predicted molar refractivity (Wildman–Crippen MR) is 47.0 cm³/mol. The van der Waals surface area contributed by atoms with Gasteiger partial charge in [-0.2, -0.15) is 12.7 Å². The van der Waals surface area contributed by atoms with Crippen LogP contribution in [-0.2, 0) is 15.0 Å². The topological polar surface area (TPSA) is 66.8 Å². The highest BCUT2D eigenvalue weighted by molar-refractivity contribution is 7.87. The SMILES string of the molecule is CC1CCN(S(=O)(=O)N=C=O)CC1. The zero-order valence-electron chi connectivity index (χ0n) is 7.43. The Balaban J connectivity index is 2.69. The van der Waals surface area contributed by atoms with Gasteiger partial charge >= 0.3 is 10.2 Å². The Morgan fingerprint density at radius 1 is 1.38 bits per heavy atom. The number of nitrogens with zero attached hydrogens (tertiary/aromatic N) is 2. The van der Waals surface area contributed by atoms with E-state index in [2.05, 4.69) is 11.3 Å². The van der Waals surface area contributed by atoms with Crippen LogP contribution < -0.4 is 0 Å². The fourth-order valence-electron chi connectivity index (χ4n) is 1.32. The highest BCUT2D eigenvalue weighted by atomic mass is 32.2. The lowest BCUT2D eigenvalue weighted by Gasteiger charge is -2.26. The van der Waals surface area contributed by atoms with Crippen LogP contribution in [0.25, 0.3) is 0 Å². The van der Waals surface area contributed by atoms with Crippen molar-refractivity contribution in [2.24, 2.45) is 10.3 Å². The molecule has 0 spiro atoms. The zero-order valence-corrected chi connectivity index (χ0v) is 8.25. The van der Waals surface area contributed by atoms with Gasteiger partial charge in [0, 0.05) is 13.1 Å². The molecule has 1 aliphatic rings. The van der Waals surface area contributed by atoms with Gasteiger partial charge in [0.2, 0.25) is 0 Å². The number of carbonyl (C=O) groups excluding carboxylic acids is 1. The van der Waals surface area contributed by atoms with Gasteiger partial charge in [-0.05, 0) is 18.8 Å². The molecule has 0 atom stereocenters. The molecule has 6 heteroatoms. The molecule has 1 fully saturated rings. The smallest absolute Gasteiger partial charge is 0.210 e. The van der Waals surface area contributed by atoms with Crippen molar-refractivity contribution in [3.63, 3.8) is 0 Å². The fraction of sp³-hybridized carbons (Fsp3) is 0.857. The lowest BCUT2D eigenvalue weighted by atomic mass is 10.0. The summed E-state index contributed by atoms with van der Waals surface area (Å²) in [5.41, 5.74) is 0. The van der Waals surface area contributed by atoms with E-state index < -0.39 is 10.2 Å². The maximum absolute atomic E-state index is 11.2. The summed E-state index contributed by atoms with van der Waals surface area (Å²) < 4.78 is 26.4. The van der Waals surface area contributed by atoms with E-state index in [-0.39, 0.29) is 0 Å². The number of hydrogen-bond donors (Lipinski definition) is 0. The fourth-order valence-corrected chi connectivity index (χ4v) is 2.20. The van der Waals surface area contributed by atoms with Crippen LogP contribution in [0.1, 0.15) is 19.8 Å². The van der Waals surface area contributed by atoms with Gasteiger partial charge < -0.3 is 0 Å². The van der Waals surface area contributed by atoms with Crippen molar-refractivity contribution >= 4 is 16.3 Å². The second-order valence-corrected chi connectivity index (χ2v) is 4.84. The van der Waals surface area contributed by atoms with Crippen molar-refractivity contribution in [3.8, 4) is 0 Å². The molecule has 0 aromatic heterocycles. The Kier molecular flexibility index (Phi) is 3.19. The van der Waals surface area contributed by atoms with Gasteiger partial charge in [0.1, 0.15) is 0 Å². The van der Waals surface area contributed by atoms with Gasteiger partial charge in [-0.3, -0.25) is 0 Å². The number of isocyanates is 1. The average molecular weight is 204 g/mol. The molecule has 0 bridgehead atoms. The summed E-state index contributed by atoms with van der Waals surface area (Å²) in [6.07, 6.45) is 2.72.